The molecule has 0 spiro atoms. The van der Waals surface area contributed by atoms with Gasteiger partial charge in [-0.25, -0.2) is 0 Å². The van der Waals surface area contributed by atoms with Gasteiger partial charge in [-0.15, -0.1) is 0 Å². The quantitative estimate of drug-likeness (QED) is 0.492. The number of hydrogen-bond acceptors (Lipinski definition) is 3. The molecule has 0 saturated heterocycles. The van der Waals surface area contributed by atoms with E-state index >= 15 is 0 Å². The van der Waals surface area contributed by atoms with Crippen LogP contribution in [0.1, 0.15) is 13.8 Å². The Morgan fingerprint density at radius 2 is 2.62 bits per heavy atom. The van der Waals surface area contributed by atoms with Crippen molar-refractivity contribution >= 4 is 5.84 Å². The molecule has 3 heteroatoms. The fourth-order valence-corrected chi connectivity index (χ4v) is 0.521. The second-order valence-corrected chi connectivity index (χ2v) is 1.96. The molecule has 0 fully saturated rings. The topological polar surface area (TPSA) is 33.6 Å². The van der Waals surface area contributed by atoms with Crippen molar-refractivity contribution in [2.45, 2.75) is 20.0 Å². The van der Waals surface area contributed by atoms with E-state index in [1.807, 2.05) is 13.8 Å². The maximum atomic E-state index is 5.01. The third-order valence-electron chi connectivity index (χ3n) is 0.993. The highest BCUT2D eigenvalue weighted by Crippen LogP contribution is 1.93. The van der Waals surface area contributed by atoms with Gasteiger partial charge in [0.2, 0.25) is 0 Å². The average molecular weight is 114 g/mol. The zero-order valence-corrected chi connectivity index (χ0v) is 5.14. The highest BCUT2D eigenvalue weighted by atomic mass is 16.7. The summed E-state index contributed by atoms with van der Waals surface area (Å²) in [6.45, 7) is 4.63. The first-order chi connectivity index (χ1) is 3.79. The van der Waals surface area contributed by atoms with Crippen molar-refractivity contribution in [3.05, 3.63) is 0 Å². The van der Waals surface area contributed by atoms with Crippen LogP contribution in [0.2, 0.25) is 0 Å². The van der Waals surface area contributed by atoms with E-state index in [2.05, 4.69) is 10.5 Å². The summed E-state index contributed by atoms with van der Waals surface area (Å²) in [4.78, 5) is 9.10. The van der Waals surface area contributed by atoms with E-state index in [1.165, 1.54) is 0 Å². The summed E-state index contributed by atoms with van der Waals surface area (Å²) in [6.07, 6.45) is 0.221. The van der Waals surface area contributed by atoms with Gasteiger partial charge in [-0.3, -0.25) is 15.3 Å². The Labute approximate surface area is 48.7 Å². The molecule has 46 valence electrons. The molecular formula is C5H10N2O. The highest BCUT2D eigenvalue weighted by Gasteiger charge is 2.05. The molecule has 1 rings (SSSR count). The van der Waals surface area contributed by atoms with E-state index in [1.54, 1.807) is 0 Å². The Hall–Kier alpha value is -0.570. The van der Waals surface area contributed by atoms with Crippen molar-refractivity contribution < 1.29 is 4.84 Å². The van der Waals surface area contributed by atoms with Crippen LogP contribution in [0.4, 0.5) is 0 Å². The maximum absolute atomic E-state index is 5.01. The normalized spacial score (nSPS) is 28.8. The molecule has 3 nitrogen and oxygen atoms in total. The lowest BCUT2D eigenvalue weighted by Crippen LogP contribution is -2.33. The monoisotopic (exact) mass is 114 g/mol. The van der Waals surface area contributed by atoms with Gasteiger partial charge in [0.15, 0.2) is 0 Å². The van der Waals surface area contributed by atoms with Gasteiger partial charge >= 0.3 is 0 Å². The largest absolute Gasteiger partial charge is 0.270 e. The predicted molar refractivity (Wildman–Crippen MR) is 31.7 cm³/mol. The van der Waals surface area contributed by atoms with Crippen LogP contribution in [0.25, 0.3) is 0 Å². The first-order valence-electron chi connectivity index (χ1n) is 2.72. The molecule has 1 aliphatic rings. The van der Waals surface area contributed by atoms with Gasteiger partial charge in [0.05, 0.1) is 6.54 Å². The molecule has 1 atom stereocenters. The Morgan fingerprint density at radius 1 is 1.88 bits per heavy atom. The zero-order chi connectivity index (χ0) is 5.98. The van der Waals surface area contributed by atoms with Crippen molar-refractivity contribution in [3.8, 4) is 0 Å². The van der Waals surface area contributed by atoms with Gasteiger partial charge in [-0.1, -0.05) is 0 Å². The second kappa shape index (κ2) is 2.13. The summed E-state index contributed by atoms with van der Waals surface area (Å²) in [5, 5.41) is 0. The van der Waals surface area contributed by atoms with Crippen molar-refractivity contribution in [1.82, 2.24) is 5.48 Å². The Balaban J connectivity index is 2.42. The van der Waals surface area contributed by atoms with Crippen molar-refractivity contribution in [3.63, 3.8) is 0 Å². The summed E-state index contributed by atoms with van der Waals surface area (Å²) in [5.74, 6) is 0.864. The molecule has 0 aromatic rings. The Morgan fingerprint density at radius 3 is 3.00 bits per heavy atom. The van der Waals surface area contributed by atoms with Gasteiger partial charge in [0.1, 0.15) is 11.9 Å². The van der Waals surface area contributed by atoms with Crippen LogP contribution in [0.5, 0.6) is 0 Å². The highest BCUT2D eigenvalue weighted by molar-refractivity contribution is 5.78. The predicted octanol–water partition coefficient (Wildman–Crippen LogP) is 0.328. The smallest absolute Gasteiger partial charge is 0.117 e. The van der Waals surface area contributed by atoms with E-state index in [9.17, 15) is 0 Å². The molecule has 1 N–H and O–H groups in total. The Bertz CT molecular complexity index is 111. The standard InChI is InChI=1S/C5H10N2O/c1-4-3-6-5(2)7-8-4/h4H,3H2,1-2H3,(H,6,7). The van der Waals surface area contributed by atoms with Crippen LogP contribution < -0.4 is 5.48 Å². The number of hydrogen-bond donors (Lipinski definition) is 1. The fraction of sp³-hybridized carbons (Fsp3) is 0.800. The summed E-state index contributed by atoms with van der Waals surface area (Å²) >= 11 is 0. The average Bonchev–Trinajstić information content (AvgIpc) is 1.77. The van der Waals surface area contributed by atoms with Crippen LogP contribution in [0.15, 0.2) is 4.99 Å². The van der Waals surface area contributed by atoms with E-state index < -0.39 is 0 Å². The molecule has 0 amide bonds. The van der Waals surface area contributed by atoms with Crippen LogP contribution in [-0.2, 0) is 4.84 Å². The van der Waals surface area contributed by atoms with Crippen molar-refractivity contribution in [2.75, 3.05) is 6.54 Å². The van der Waals surface area contributed by atoms with Crippen molar-refractivity contribution in [2.24, 2.45) is 4.99 Å². The number of nitrogens with one attached hydrogen (secondary N) is 1. The molecule has 0 bridgehead atoms. The minimum atomic E-state index is 0.221. The van der Waals surface area contributed by atoms with Gasteiger partial charge in [-0.05, 0) is 13.8 Å². The summed E-state index contributed by atoms with van der Waals surface area (Å²) in [5.41, 5.74) is 2.68. The van der Waals surface area contributed by atoms with E-state index in [0.29, 0.717) is 0 Å². The first kappa shape index (κ1) is 5.56. The lowest BCUT2D eigenvalue weighted by molar-refractivity contribution is 0.0176. The maximum Gasteiger partial charge on any atom is 0.117 e. The minimum Gasteiger partial charge on any atom is -0.270 e. The van der Waals surface area contributed by atoms with E-state index in [4.69, 9.17) is 4.84 Å². The number of aliphatic imine (C=N–C) groups is 1. The molecule has 1 unspecified atom stereocenters. The summed E-state index contributed by atoms with van der Waals surface area (Å²) < 4.78 is 0. The Kier molecular flexibility index (Phi) is 1.48. The molecule has 0 aromatic heterocycles. The lowest BCUT2D eigenvalue weighted by atomic mass is 10.4. The molecule has 0 aliphatic carbocycles. The lowest BCUT2D eigenvalue weighted by Gasteiger charge is -2.16. The molecule has 1 aliphatic heterocycles. The first-order valence-corrected chi connectivity index (χ1v) is 2.72. The number of nitrogens with zero attached hydrogens (tertiary/aromatic N) is 1. The third kappa shape index (κ3) is 1.20. The molecule has 8 heavy (non-hydrogen) atoms. The summed E-state index contributed by atoms with van der Waals surface area (Å²) in [7, 11) is 0. The van der Waals surface area contributed by atoms with Gasteiger partial charge in [0.25, 0.3) is 0 Å². The van der Waals surface area contributed by atoms with E-state index in [-0.39, 0.29) is 6.10 Å². The third-order valence-corrected chi connectivity index (χ3v) is 0.993. The van der Waals surface area contributed by atoms with Crippen LogP contribution in [0.3, 0.4) is 0 Å². The van der Waals surface area contributed by atoms with Crippen molar-refractivity contribution in [1.29, 1.82) is 0 Å². The number of hydroxylamine groups is 1. The SMILES string of the molecule is CC1=NCC(C)ON1. The van der Waals surface area contributed by atoms with Crippen LogP contribution >= 0.6 is 0 Å². The molecule has 1 heterocycles. The molecule has 0 radical (unpaired) electrons. The second-order valence-electron chi connectivity index (χ2n) is 1.96. The zero-order valence-electron chi connectivity index (χ0n) is 5.14. The molecule has 0 saturated carbocycles. The molecular weight excluding hydrogens is 104 g/mol. The van der Waals surface area contributed by atoms with Crippen LogP contribution in [-0.4, -0.2) is 18.5 Å². The van der Waals surface area contributed by atoms with Crippen LogP contribution in [0, 0.1) is 0 Å². The summed E-state index contributed by atoms with van der Waals surface area (Å²) in [6, 6.07) is 0. The van der Waals surface area contributed by atoms with E-state index in [0.717, 1.165) is 12.4 Å². The number of rotatable bonds is 0. The number of amidine groups is 1. The van der Waals surface area contributed by atoms with Gasteiger partial charge in [0, 0.05) is 0 Å². The van der Waals surface area contributed by atoms with Gasteiger partial charge < -0.3 is 0 Å². The fourth-order valence-electron chi connectivity index (χ4n) is 0.521. The minimum absolute atomic E-state index is 0.221. The molecule has 0 aromatic carbocycles. The van der Waals surface area contributed by atoms with Gasteiger partial charge in [-0.2, -0.15) is 0 Å².